The number of benzene rings is 7. The number of nitrogens with two attached hydrogens (primary N) is 3. The maximum Gasteiger partial charge on any atom is 0.298 e. The third-order valence-electron chi connectivity index (χ3n) is 10.8. The van der Waals surface area contributed by atoms with E-state index in [4.69, 9.17) is 21.8 Å². The van der Waals surface area contributed by atoms with Crippen molar-refractivity contribution in [3.63, 3.8) is 0 Å². The monoisotopic (exact) mass is 1230 g/mol. The van der Waals surface area contributed by atoms with Crippen LogP contribution in [-0.4, -0.2) is 93.6 Å². The van der Waals surface area contributed by atoms with Gasteiger partial charge in [-0.2, -0.15) is 59.2 Å². The highest BCUT2D eigenvalue weighted by Crippen LogP contribution is 2.48. The Hall–Kier alpha value is -8.86. The molecule has 0 unspecified atom stereocenters. The lowest BCUT2D eigenvalue weighted by Crippen LogP contribution is -2.12. The molecule has 38 heteroatoms. The molecule has 0 atom stereocenters. The Morgan fingerprint density at radius 1 is 0.605 bits per heavy atom. The first-order chi connectivity index (χ1) is 37.7. The predicted octanol–water partition coefficient (Wildman–Crippen LogP) is 7.88. The second kappa shape index (κ2) is 22.7. The maximum atomic E-state index is 13.1. The molecule has 8 rings (SSSR count). The van der Waals surface area contributed by atoms with Gasteiger partial charge in [0.05, 0.1) is 60.9 Å². The van der Waals surface area contributed by atoms with E-state index in [0.29, 0.717) is 40.9 Å². The van der Waals surface area contributed by atoms with Crippen LogP contribution in [-0.2, 0) is 64.5 Å². The number of fused-ring (bicyclic) bond motifs is 2. The zero-order valence-electron chi connectivity index (χ0n) is 40.5. The molecule has 7 aromatic rings. The molecule has 81 heavy (non-hydrogen) atoms. The Morgan fingerprint density at radius 2 is 1.12 bits per heavy atom. The Bertz CT molecular complexity index is 4550. The summed E-state index contributed by atoms with van der Waals surface area (Å²) in [5, 5.41) is 51.5. The number of nitro groups is 1. The number of nitro benzene ring substituents is 1. The lowest BCUT2D eigenvalue weighted by atomic mass is 10.1. The molecule has 0 radical (unpaired) electrons. The van der Waals surface area contributed by atoms with E-state index < -0.39 is 141 Å². The molecule has 0 bridgehead atoms. The minimum Gasteiger partial charge on any atom is -0.505 e. The van der Waals surface area contributed by atoms with E-state index in [9.17, 15) is 74.8 Å². The standard InChI is InChI=1S/C34H27N11O11S3.C9H10N2O8S3/c35-19-1-14-27(26(36)17-19)41-38-20-2-4-23(5-3-20)44-57(49,50)25-12-8-22(9-13-25)40-43-33-29(59(54,55)56)16-18-15-28(58(51,52)53)32(31(37)30(18)34(33)46)42-39-21-6-10-24(11-7-21)45(47)48;1-10-11-6-4-8-9(5-7(6)21(14,15)16)22(17,18)19-2-3-20(8,12)13/h1-17,44,46H,35-37H2,(H,51,52,53)(H,54,55,56);4-5H,2-3H2,1H3,(H,14,15,16). The number of phenols is 1. The quantitative estimate of drug-likeness (QED) is 0.0128. The number of sulfone groups is 1. The molecule has 32 nitrogen and oxygen atoms in total. The van der Waals surface area contributed by atoms with Gasteiger partial charge in [-0.1, -0.05) is 0 Å². The van der Waals surface area contributed by atoms with Gasteiger partial charge in [-0.25, -0.2) is 16.8 Å². The smallest absolute Gasteiger partial charge is 0.298 e. The van der Waals surface area contributed by atoms with E-state index in [-0.39, 0.29) is 27.6 Å². The lowest BCUT2D eigenvalue weighted by Gasteiger charge is -2.14. The van der Waals surface area contributed by atoms with Crippen molar-refractivity contribution in [1.82, 2.24) is 0 Å². The maximum absolute atomic E-state index is 13.1. The zero-order chi connectivity index (χ0) is 59.6. The van der Waals surface area contributed by atoms with Crippen LogP contribution in [0.25, 0.3) is 10.8 Å². The van der Waals surface area contributed by atoms with Crippen LogP contribution in [0.4, 0.5) is 68.2 Å². The minimum absolute atomic E-state index is 0.0122. The number of azo groups is 4. The van der Waals surface area contributed by atoms with Gasteiger partial charge in [0.1, 0.15) is 42.3 Å². The summed E-state index contributed by atoms with van der Waals surface area (Å²) >= 11 is 0. The lowest BCUT2D eigenvalue weighted by molar-refractivity contribution is -0.384. The number of rotatable bonds is 14. The number of phenolic OH excluding ortho intramolecular Hbond substituents is 1. The predicted molar refractivity (Wildman–Crippen MR) is 286 cm³/mol. The number of nitrogens with zero attached hydrogens (tertiary/aromatic N) is 9. The number of anilines is 4. The fraction of sp³-hybridized carbons (Fsp3) is 0.0698. The molecule has 0 spiro atoms. The SMILES string of the molecule is CN=Nc1cc2c(cc1S(=O)(=O)O)S(=O)(=O)OCCS2(=O)=O.Nc1ccc(N=Nc2ccc(NS(=O)(=O)c3ccc(N=Nc4c(S(=O)(=O)O)cc5cc(S(=O)(=O)O)c(N=Nc6ccc([N+](=O)[O-])cc6)c(N)c5c4O)cc3)cc2)c(N)c1. The molecule has 11 N–H and O–H groups in total. The molecule has 1 heterocycles. The minimum atomic E-state index is -5.22. The molecule has 0 amide bonds. The van der Waals surface area contributed by atoms with E-state index in [1.54, 1.807) is 12.1 Å². The molecule has 0 saturated carbocycles. The number of nitrogens with one attached hydrogen (secondary N) is 1. The van der Waals surface area contributed by atoms with Gasteiger partial charge in [-0.15, -0.1) is 15.3 Å². The Morgan fingerprint density at radius 3 is 1.65 bits per heavy atom. The van der Waals surface area contributed by atoms with Crippen molar-refractivity contribution in [1.29, 1.82) is 0 Å². The summed E-state index contributed by atoms with van der Waals surface area (Å²) in [7, 11) is -26.7. The van der Waals surface area contributed by atoms with Gasteiger partial charge in [-0.3, -0.25) is 32.7 Å². The number of hydrogen-bond acceptors (Lipinski definition) is 27. The Labute approximate surface area is 458 Å². The van der Waals surface area contributed by atoms with E-state index >= 15 is 0 Å². The average molecular weight is 1230 g/mol. The first-order valence-electron chi connectivity index (χ1n) is 21.7. The Kier molecular flexibility index (Phi) is 16.8. The van der Waals surface area contributed by atoms with Crippen LogP contribution in [0.15, 0.2) is 186 Å². The van der Waals surface area contributed by atoms with Crippen LogP contribution >= 0.6 is 0 Å². The molecule has 1 aliphatic rings. The van der Waals surface area contributed by atoms with Gasteiger partial charge in [0.15, 0.2) is 15.6 Å². The van der Waals surface area contributed by atoms with Gasteiger partial charge < -0.3 is 22.3 Å². The summed E-state index contributed by atoms with van der Waals surface area (Å²) in [6, 6.07) is 22.5. The van der Waals surface area contributed by atoms with Gasteiger partial charge >= 0.3 is 0 Å². The highest BCUT2D eigenvalue weighted by molar-refractivity contribution is 7.93. The molecule has 0 fully saturated rings. The second-order valence-corrected chi connectivity index (χ2v) is 25.7. The number of non-ortho nitro benzene ring substituents is 1. The summed E-state index contributed by atoms with van der Waals surface area (Å²) in [5.41, 5.74) is 16.4. The topological polar surface area (TPSA) is 527 Å². The molecule has 7 aromatic carbocycles. The number of nitrogen functional groups attached to an aromatic ring is 3. The summed E-state index contributed by atoms with van der Waals surface area (Å²) in [6.45, 7) is -0.606. The van der Waals surface area contributed by atoms with E-state index in [1.807, 2.05) is 0 Å². The highest BCUT2D eigenvalue weighted by atomic mass is 32.2. The fourth-order valence-corrected chi connectivity index (χ4v) is 13.1. The fourth-order valence-electron chi connectivity index (χ4n) is 7.03. The zero-order valence-corrected chi connectivity index (χ0v) is 45.4. The second-order valence-electron chi connectivity index (χ2n) is 16.2. The Balaban J connectivity index is 0.000000359. The first-order valence-corrected chi connectivity index (χ1v) is 30.6. The third kappa shape index (κ3) is 13.8. The number of aromatic hydroxyl groups is 1. The number of sulfonamides is 1. The van der Waals surface area contributed by atoms with Gasteiger partial charge in [0.25, 0.3) is 56.2 Å². The van der Waals surface area contributed by atoms with E-state index in [2.05, 4.69) is 49.8 Å². The normalized spacial score (nSPS) is 14.7. The van der Waals surface area contributed by atoms with Crippen molar-refractivity contribution in [2.75, 3.05) is 41.3 Å². The number of hydrogen-bond donors (Lipinski definition) is 8. The van der Waals surface area contributed by atoms with Crippen molar-refractivity contribution >= 4 is 139 Å². The first kappa shape index (κ1) is 59.8. The van der Waals surface area contributed by atoms with Crippen molar-refractivity contribution in [2.24, 2.45) is 40.9 Å². The molecular weight excluding hydrogens is 1190 g/mol. The van der Waals surface area contributed by atoms with Gasteiger partial charge in [-0.05, 0) is 109 Å². The van der Waals surface area contributed by atoms with E-state index in [1.165, 1.54) is 61.6 Å². The van der Waals surface area contributed by atoms with E-state index in [0.717, 1.165) is 30.3 Å². The van der Waals surface area contributed by atoms with Crippen molar-refractivity contribution in [3.05, 3.63) is 125 Å². The highest BCUT2D eigenvalue weighted by Gasteiger charge is 2.35. The average Bonchev–Trinajstić information content (AvgIpc) is 3.63. The molecule has 0 aliphatic carbocycles. The molecular formula is C43H37N13O19S6. The van der Waals surface area contributed by atoms with Crippen LogP contribution in [0.3, 0.4) is 0 Å². The van der Waals surface area contributed by atoms with Crippen LogP contribution in [0, 0.1) is 10.1 Å². The molecule has 0 aromatic heterocycles. The van der Waals surface area contributed by atoms with Crippen LogP contribution < -0.4 is 21.9 Å². The van der Waals surface area contributed by atoms with Gasteiger partial charge in [0, 0.05) is 30.6 Å². The van der Waals surface area contributed by atoms with Gasteiger partial charge in [0.2, 0.25) is 0 Å². The summed E-state index contributed by atoms with van der Waals surface area (Å²) in [6.07, 6.45) is 0. The summed E-state index contributed by atoms with van der Waals surface area (Å²) < 4.78 is 182. The van der Waals surface area contributed by atoms with Crippen molar-refractivity contribution < 1.29 is 78.4 Å². The molecule has 1 aliphatic heterocycles. The summed E-state index contributed by atoms with van der Waals surface area (Å²) in [4.78, 5) is 5.64. The summed E-state index contributed by atoms with van der Waals surface area (Å²) in [5.74, 6) is -1.64. The largest absolute Gasteiger partial charge is 0.505 e. The molecule has 424 valence electrons. The van der Waals surface area contributed by atoms with Crippen LogP contribution in [0.5, 0.6) is 5.75 Å². The van der Waals surface area contributed by atoms with Crippen molar-refractivity contribution in [2.45, 2.75) is 29.4 Å². The van der Waals surface area contributed by atoms with Crippen LogP contribution in [0.2, 0.25) is 0 Å². The van der Waals surface area contributed by atoms with Crippen molar-refractivity contribution in [3.8, 4) is 5.75 Å². The third-order valence-corrected chi connectivity index (χ3v) is 18.0. The van der Waals surface area contributed by atoms with Crippen LogP contribution in [0.1, 0.15) is 0 Å². The molecule has 0 saturated heterocycles.